The fraction of sp³-hybridized carbons (Fsp3) is 0. The summed E-state index contributed by atoms with van der Waals surface area (Å²) in [5.41, 5.74) is 11.0. The molecular weight excluding hydrogens is 639 g/mol. The molecule has 9 rings (SSSR count). The van der Waals surface area contributed by atoms with Crippen LogP contribution in [0.3, 0.4) is 0 Å². The number of fused-ring (bicyclic) bond motifs is 4. The van der Waals surface area contributed by atoms with Gasteiger partial charge in [-0.05, 0) is 0 Å². The molecule has 2 heterocycles. The molecule has 0 N–H and O–H groups in total. The summed E-state index contributed by atoms with van der Waals surface area (Å²) in [6.45, 7) is 0. The minimum absolute atomic E-state index is 0.155. The standard InChI is InChI=1S/C43H28N2OSe/c1-3-10-29(11-4-1)31-18-22-33(23-19-31)45(34-24-20-32(21-25-34)30-12-5-2-6-13-30)35-26-27-36-41(28-35)47-40-17-9-14-37(42(36)40)43-44-38-15-7-8-16-39(38)46-43/h1-28H. The Morgan fingerprint density at radius 2 is 1.04 bits per heavy atom. The van der Waals surface area contributed by atoms with Crippen molar-refractivity contribution in [2.24, 2.45) is 0 Å². The molecule has 2 aromatic heterocycles. The number of rotatable bonds is 6. The van der Waals surface area contributed by atoms with Crippen molar-refractivity contribution in [2.45, 2.75) is 0 Å². The number of hydrogen-bond donors (Lipinski definition) is 0. The second kappa shape index (κ2) is 11.6. The van der Waals surface area contributed by atoms with Crippen LogP contribution < -0.4 is 4.90 Å². The van der Waals surface area contributed by atoms with Crippen LogP contribution in [-0.2, 0) is 0 Å². The zero-order valence-electron chi connectivity index (χ0n) is 25.4. The van der Waals surface area contributed by atoms with Gasteiger partial charge in [0.2, 0.25) is 0 Å². The average molecular weight is 668 g/mol. The molecule has 3 nitrogen and oxygen atoms in total. The number of oxazole rings is 1. The van der Waals surface area contributed by atoms with Crippen LogP contribution in [0.4, 0.5) is 17.1 Å². The van der Waals surface area contributed by atoms with Crippen LogP contribution in [0.15, 0.2) is 174 Å². The summed E-state index contributed by atoms with van der Waals surface area (Å²) in [6, 6.07) is 60.3. The molecule has 0 bridgehead atoms. The van der Waals surface area contributed by atoms with E-state index in [0.29, 0.717) is 5.89 Å². The summed E-state index contributed by atoms with van der Waals surface area (Å²) >= 11 is 0.155. The van der Waals surface area contributed by atoms with Gasteiger partial charge in [-0.15, -0.1) is 0 Å². The first-order valence-corrected chi connectivity index (χ1v) is 17.4. The van der Waals surface area contributed by atoms with Gasteiger partial charge in [-0.25, -0.2) is 0 Å². The molecule has 4 heteroatoms. The summed E-state index contributed by atoms with van der Waals surface area (Å²) in [7, 11) is 0. The van der Waals surface area contributed by atoms with E-state index < -0.39 is 0 Å². The molecule has 9 aromatic rings. The Labute approximate surface area is 278 Å². The third-order valence-corrected chi connectivity index (χ3v) is 11.1. The van der Waals surface area contributed by atoms with Gasteiger partial charge in [-0.3, -0.25) is 0 Å². The van der Waals surface area contributed by atoms with Crippen molar-refractivity contribution in [3.8, 4) is 33.7 Å². The molecule has 222 valence electrons. The van der Waals surface area contributed by atoms with Gasteiger partial charge in [0.15, 0.2) is 0 Å². The number of para-hydroxylation sites is 2. The van der Waals surface area contributed by atoms with E-state index in [1.54, 1.807) is 0 Å². The molecule has 0 unspecified atom stereocenters. The predicted molar refractivity (Wildman–Crippen MR) is 197 cm³/mol. The van der Waals surface area contributed by atoms with Crippen LogP contribution in [0.5, 0.6) is 0 Å². The van der Waals surface area contributed by atoms with Crippen LogP contribution in [-0.4, -0.2) is 19.5 Å². The van der Waals surface area contributed by atoms with Gasteiger partial charge in [0.1, 0.15) is 0 Å². The van der Waals surface area contributed by atoms with E-state index in [1.807, 2.05) is 24.3 Å². The summed E-state index contributed by atoms with van der Waals surface area (Å²) in [5, 5.41) is 2.51. The molecule has 0 atom stereocenters. The Morgan fingerprint density at radius 1 is 0.468 bits per heavy atom. The Bertz CT molecular complexity index is 2380. The molecule has 47 heavy (non-hydrogen) atoms. The van der Waals surface area contributed by atoms with E-state index in [1.165, 1.54) is 41.5 Å². The molecule has 0 amide bonds. The van der Waals surface area contributed by atoms with Crippen molar-refractivity contribution in [3.05, 3.63) is 170 Å². The first kappa shape index (κ1) is 27.6. The quantitative estimate of drug-likeness (QED) is 0.165. The summed E-state index contributed by atoms with van der Waals surface area (Å²) < 4.78 is 8.96. The topological polar surface area (TPSA) is 29.3 Å². The summed E-state index contributed by atoms with van der Waals surface area (Å²) in [4.78, 5) is 7.21. The molecule has 7 aromatic carbocycles. The van der Waals surface area contributed by atoms with Crippen molar-refractivity contribution in [1.82, 2.24) is 4.98 Å². The maximum atomic E-state index is 6.24. The van der Waals surface area contributed by atoms with Gasteiger partial charge in [0.25, 0.3) is 0 Å². The van der Waals surface area contributed by atoms with Gasteiger partial charge in [-0.1, -0.05) is 0 Å². The predicted octanol–water partition coefficient (Wildman–Crippen LogP) is 11.7. The van der Waals surface area contributed by atoms with Gasteiger partial charge in [0, 0.05) is 0 Å². The summed E-state index contributed by atoms with van der Waals surface area (Å²) in [6.07, 6.45) is 0. The molecule has 0 aliphatic heterocycles. The molecular formula is C43H28N2OSe. The van der Waals surface area contributed by atoms with E-state index in [9.17, 15) is 0 Å². The first-order valence-electron chi connectivity index (χ1n) is 15.7. The van der Waals surface area contributed by atoms with Crippen molar-refractivity contribution in [2.75, 3.05) is 4.90 Å². The molecule has 0 aliphatic rings. The SMILES string of the molecule is c1ccc(-c2ccc(N(c3ccc(-c4ccccc4)cc3)c3ccc4c(c3)[se]c3cccc(-c5nc6ccccc6o5)c34)cc2)cc1. The number of aromatic nitrogens is 1. The second-order valence-electron chi connectivity index (χ2n) is 11.6. The third kappa shape index (κ3) is 5.05. The van der Waals surface area contributed by atoms with Gasteiger partial charge in [0.05, 0.1) is 0 Å². The van der Waals surface area contributed by atoms with Crippen molar-refractivity contribution < 1.29 is 4.42 Å². The monoisotopic (exact) mass is 668 g/mol. The van der Waals surface area contributed by atoms with E-state index in [0.717, 1.165) is 33.7 Å². The van der Waals surface area contributed by atoms with Crippen LogP contribution in [0.25, 0.3) is 64.1 Å². The Morgan fingerprint density at radius 3 is 1.68 bits per heavy atom. The van der Waals surface area contributed by atoms with Crippen LogP contribution in [0.2, 0.25) is 0 Å². The Balaban J connectivity index is 1.17. The number of benzene rings is 7. The molecule has 0 saturated carbocycles. The summed E-state index contributed by atoms with van der Waals surface area (Å²) in [5.74, 6) is 0.675. The van der Waals surface area contributed by atoms with Gasteiger partial charge in [-0.2, -0.15) is 0 Å². The van der Waals surface area contributed by atoms with E-state index >= 15 is 0 Å². The molecule has 0 radical (unpaired) electrons. The Kier molecular flexibility index (Phi) is 6.82. The molecule has 0 spiro atoms. The van der Waals surface area contributed by atoms with Crippen LogP contribution in [0.1, 0.15) is 0 Å². The fourth-order valence-corrected chi connectivity index (χ4v) is 8.88. The zero-order valence-corrected chi connectivity index (χ0v) is 27.1. The molecule has 0 saturated heterocycles. The Hall–Kier alpha value is -5.67. The van der Waals surface area contributed by atoms with E-state index in [2.05, 4.69) is 150 Å². The van der Waals surface area contributed by atoms with E-state index in [-0.39, 0.29) is 14.5 Å². The van der Waals surface area contributed by atoms with Crippen molar-refractivity contribution in [1.29, 1.82) is 0 Å². The average Bonchev–Trinajstić information content (AvgIpc) is 3.75. The minimum atomic E-state index is 0.155. The third-order valence-electron chi connectivity index (χ3n) is 8.73. The number of hydrogen-bond acceptors (Lipinski definition) is 3. The number of nitrogens with zero attached hydrogens (tertiary/aromatic N) is 2. The maximum absolute atomic E-state index is 6.24. The van der Waals surface area contributed by atoms with Gasteiger partial charge >= 0.3 is 280 Å². The number of anilines is 3. The van der Waals surface area contributed by atoms with Crippen LogP contribution in [0, 0.1) is 0 Å². The fourth-order valence-electron chi connectivity index (χ4n) is 6.43. The van der Waals surface area contributed by atoms with Gasteiger partial charge < -0.3 is 0 Å². The van der Waals surface area contributed by atoms with Crippen molar-refractivity contribution in [3.63, 3.8) is 0 Å². The second-order valence-corrected chi connectivity index (χ2v) is 13.9. The molecule has 0 aliphatic carbocycles. The van der Waals surface area contributed by atoms with Crippen molar-refractivity contribution >= 4 is 62.0 Å². The van der Waals surface area contributed by atoms with Crippen LogP contribution >= 0.6 is 0 Å². The van der Waals surface area contributed by atoms with E-state index in [4.69, 9.17) is 9.40 Å². The molecule has 0 fully saturated rings. The first-order chi connectivity index (χ1) is 23.3. The zero-order chi connectivity index (χ0) is 31.2. The normalized spacial score (nSPS) is 11.4.